The summed E-state index contributed by atoms with van der Waals surface area (Å²) in [5.74, 6) is -0.0195. The molecule has 0 aromatic carbocycles. The quantitative estimate of drug-likeness (QED) is 0.821. The summed E-state index contributed by atoms with van der Waals surface area (Å²) in [6, 6.07) is 1.93. The fourth-order valence-electron chi connectivity index (χ4n) is 1.77. The van der Waals surface area contributed by atoms with Crippen molar-refractivity contribution in [2.45, 2.75) is 20.3 Å². The molecule has 1 heterocycles. The van der Waals surface area contributed by atoms with Crippen molar-refractivity contribution in [2.24, 2.45) is 0 Å². The Morgan fingerprint density at radius 3 is 2.72 bits per heavy atom. The highest BCUT2D eigenvalue weighted by atomic mass is 32.1. The van der Waals surface area contributed by atoms with E-state index in [0.717, 1.165) is 11.3 Å². The molecule has 1 amide bonds. The minimum Gasteiger partial charge on any atom is -0.395 e. The Labute approximate surface area is 112 Å². The molecule has 0 radical (unpaired) electrons. The number of amides is 1. The molecular formula is C13H21NO3S. The van der Waals surface area contributed by atoms with Gasteiger partial charge in [-0.25, -0.2) is 0 Å². The Kier molecular flexibility index (Phi) is 6.32. The topological polar surface area (TPSA) is 49.8 Å². The van der Waals surface area contributed by atoms with Crippen LogP contribution in [0.1, 0.15) is 27.0 Å². The summed E-state index contributed by atoms with van der Waals surface area (Å²) in [5, 5.41) is 9.01. The number of aliphatic hydroxyl groups excluding tert-OH is 1. The Hall–Kier alpha value is -0.910. The van der Waals surface area contributed by atoms with Crippen LogP contribution in [0.3, 0.4) is 0 Å². The number of carbonyl (C=O) groups excluding carboxylic acids is 1. The maximum absolute atomic E-state index is 12.3. The Bertz CT molecular complexity index is 390. The lowest BCUT2D eigenvalue weighted by Crippen LogP contribution is -2.35. The number of nitrogens with zero attached hydrogens (tertiary/aromatic N) is 1. The number of aryl methyl sites for hydroxylation is 2. The maximum Gasteiger partial charge on any atom is 0.264 e. The zero-order valence-corrected chi connectivity index (χ0v) is 12.0. The number of rotatable bonds is 7. The van der Waals surface area contributed by atoms with E-state index in [1.807, 2.05) is 13.0 Å². The van der Waals surface area contributed by atoms with E-state index in [2.05, 4.69) is 6.92 Å². The average molecular weight is 271 g/mol. The Morgan fingerprint density at radius 2 is 2.22 bits per heavy atom. The van der Waals surface area contributed by atoms with Crippen LogP contribution >= 0.6 is 11.3 Å². The molecule has 1 N–H and O–H groups in total. The zero-order chi connectivity index (χ0) is 13.5. The van der Waals surface area contributed by atoms with Crippen molar-refractivity contribution in [3.63, 3.8) is 0 Å². The molecule has 0 atom stereocenters. The van der Waals surface area contributed by atoms with Gasteiger partial charge in [0.1, 0.15) is 0 Å². The van der Waals surface area contributed by atoms with Gasteiger partial charge in [0.05, 0.1) is 18.1 Å². The van der Waals surface area contributed by atoms with Crippen molar-refractivity contribution >= 4 is 17.2 Å². The van der Waals surface area contributed by atoms with E-state index in [9.17, 15) is 4.79 Å². The number of carbonyl (C=O) groups is 1. The van der Waals surface area contributed by atoms with Crippen LogP contribution < -0.4 is 0 Å². The van der Waals surface area contributed by atoms with Gasteiger partial charge in [-0.15, -0.1) is 11.3 Å². The third-order valence-electron chi connectivity index (χ3n) is 2.77. The summed E-state index contributed by atoms with van der Waals surface area (Å²) in [6.07, 6.45) is 0.946. The summed E-state index contributed by atoms with van der Waals surface area (Å²) in [6.45, 7) is 5.42. The van der Waals surface area contributed by atoms with Gasteiger partial charge in [-0.2, -0.15) is 0 Å². The van der Waals surface area contributed by atoms with Gasteiger partial charge < -0.3 is 14.7 Å². The standard InChI is InChI=1S/C13H21NO3S/c1-4-11-10(2)9-12(18-11)13(16)14(5-7-15)6-8-17-3/h9,15H,4-8H2,1-3H3. The maximum atomic E-state index is 12.3. The molecule has 1 aromatic rings. The largest absolute Gasteiger partial charge is 0.395 e. The fourth-order valence-corrected chi connectivity index (χ4v) is 2.85. The smallest absolute Gasteiger partial charge is 0.264 e. The average Bonchev–Trinajstić information content (AvgIpc) is 2.75. The zero-order valence-electron chi connectivity index (χ0n) is 11.2. The fraction of sp³-hybridized carbons (Fsp3) is 0.615. The summed E-state index contributed by atoms with van der Waals surface area (Å²) in [4.78, 5) is 15.9. The monoisotopic (exact) mass is 271 g/mol. The van der Waals surface area contributed by atoms with Gasteiger partial charge >= 0.3 is 0 Å². The van der Waals surface area contributed by atoms with Crippen LogP contribution in [0.5, 0.6) is 0 Å². The normalized spacial score (nSPS) is 10.7. The number of methoxy groups -OCH3 is 1. The van der Waals surface area contributed by atoms with E-state index in [4.69, 9.17) is 9.84 Å². The van der Waals surface area contributed by atoms with Crippen LogP contribution in [0.15, 0.2) is 6.07 Å². The number of thiophene rings is 1. The molecule has 18 heavy (non-hydrogen) atoms. The lowest BCUT2D eigenvalue weighted by atomic mass is 10.2. The van der Waals surface area contributed by atoms with E-state index in [1.165, 1.54) is 10.4 Å². The van der Waals surface area contributed by atoms with Crippen molar-refractivity contribution in [3.8, 4) is 0 Å². The molecule has 1 rings (SSSR count). The third kappa shape index (κ3) is 3.80. The van der Waals surface area contributed by atoms with Crippen molar-refractivity contribution in [2.75, 3.05) is 33.4 Å². The first-order valence-corrected chi connectivity index (χ1v) is 6.94. The lowest BCUT2D eigenvalue weighted by Gasteiger charge is -2.20. The number of hydrogen-bond acceptors (Lipinski definition) is 4. The summed E-state index contributed by atoms with van der Waals surface area (Å²) < 4.78 is 4.98. The van der Waals surface area contributed by atoms with E-state index >= 15 is 0 Å². The summed E-state index contributed by atoms with van der Waals surface area (Å²) in [5.41, 5.74) is 1.17. The van der Waals surface area contributed by atoms with Crippen LogP contribution in [0, 0.1) is 6.92 Å². The summed E-state index contributed by atoms with van der Waals surface area (Å²) >= 11 is 1.54. The minimum absolute atomic E-state index is 0.0195. The molecular weight excluding hydrogens is 250 g/mol. The van der Waals surface area contributed by atoms with Crippen LogP contribution in [0.2, 0.25) is 0 Å². The van der Waals surface area contributed by atoms with Crippen LogP contribution in [0.25, 0.3) is 0 Å². The van der Waals surface area contributed by atoms with Gasteiger partial charge in [0.15, 0.2) is 0 Å². The molecule has 0 spiro atoms. The van der Waals surface area contributed by atoms with Crippen molar-refractivity contribution < 1.29 is 14.6 Å². The number of ether oxygens (including phenoxy) is 1. The van der Waals surface area contributed by atoms with Crippen molar-refractivity contribution in [3.05, 3.63) is 21.4 Å². The first-order chi connectivity index (χ1) is 8.63. The van der Waals surface area contributed by atoms with Crippen LogP contribution in [0.4, 0.5) is 0 Å². The number of hydrogen-bond donors (Lipinski definition) is 1. The first kappa shape index (κ1) is 15.1. The first-order valence-electron chi connectivity index (χ1n) is 6.12. The minimum atomic E-state index is -0.0273. The molecule has 0 saturated heterocycles. The van der Waals surface area contributed by atoms with Crippen molar-refractivity contribution in [1.29, 1.82) is 0 Å². The third-order valence-corrected chi connectivity index (χ3v) is 4.14. The molecule has 0 saturated carbocycles. The molecule has 0 aliphatic rings. The van der Waals surface area contributed by atoms with Gasteiger partial charge in [0.25, 0.3) is 5.91 Å². The lowest BCUT2D eigenvalue weighted by molar-refractivity contribution is 0.0661. The number of aliphatic hydroxyl groups is 1. The molecule has 1 aromatic heterocycles. The molecule has 0 bridgehead atoms. The van der Waals surface area contributed by atoms with Gasteiger partial charge in [-0.05, 0) is 25.0 Å². The van der Waals surface area contributed by atoms with Gasteiger partial charge in [0.2, 0.25) is 0 Å². The van der Waals surface area contributed by atoms with E-state index in [1.54, 1.807) is 23.3 Å². The second-order valence-corrected chi connectivity index (χ2v) is 5.22. The van der Waals surface area contributed by atoms with Crippen LogP contribution in [-0.2, 0) is 11.2 Å². The second-order valence-electron chi connectivity index (χ2n) is 4.08. The predicted molar refractivity (Wildman–Crippen MR) is 73.3 cm³/mol. The Morgan fingerprint density at radius 1 is 1.50 bits per heavy atom. The van der Waals surface area contributed by atoms with E-state index in [-0.39, 0.29) is 12.5 Å². The molecule has 102 valence electrons. The summed E-state index contributed by atoms with van der Waals surface area (Å²) in [7, 11) is 1.60. The molecule has 0 fully saturated rings. The molecule has 5 heteroatoms. The molecule has 0 unspecified atom stereocenters. The second kappa shape index (κ2) is 7.51. The van der Waals surface area contributed by atoms with Gasteiger partial charge in [-0.1, -0.05) is 6.92 Å². The van der Waals surface area contributed by atoms with E-state index in [0.29, 0.717) is 19.7 Å². The Balaban J connectivity index is 2.80. The molecule has 0 aliphatic carbocycles. The highest BCUT2D eigenvalue weighted by molar-refractivity contribution is 7.14. The molecule has 4 nitrogen and oxygen atoms in total. The SMILES string of the molecule is CCc1sc(C(=O)N(CCO)CCOC)cc1C. The molecule has 0 aliphatic heterocycles. The highest BCUT2D eigenvalue weighted by Gasteiger charge is 2.18. The predicted octanol–water partition coefficient (Wildman–Crippen LogP) is 1.70. The highest BCUT2D eigenvalue weighted by Crippen LogP contribution is 2.23. The van der Waals surface area contributed by atoms with Gasteiger partial charge in [0, 0.05) is 25.1 Å². The van der Waals surface area contributed by atoms with Gasteiger partial charge in [-0.3, -0.25) is 4.79 Å². The van der Waals surface area contributed by atoms with Crippen molar-refractivity contribution in [1.82, 2.24) is 4.90 Å². The van der Waals surface area contributed by atoms with Crippen LogP contribution in [-0.4, -0.2) is 49.3 Å². The van der Waals surface area contributed by atoms with E-state index < -0.39 is 0 Å².